The summed E-state index contributed by atoms with van der Waals surface area (Å²) in [5.41, 5.74) is 9.89. The monoisotopic (exact) mass is 322 g/mol. The minimum atomic E-state index is -0.285. The first-order chi connectivity index (χ1) is 10.7. The van der Waals surface area contributed by atoms with E-state index in [2.05, 4.69) is 22.4 Å². The predicted molar refractivity (Wildman–Crippen MR) is 88.7 cm³/mol. The van der Waals surface area contributed by atoms with E-state index in [1.807, 2.05) is 0 Å². The zero-order chi connectivity index (χ0) is 15.8. The van der Waals surface area contributed by atoms with E-state index in [-0.39, 0.29) is 5.82 Å². The number of aromatic nitrogens is 1. The molecule has 0 amide bonds. The number of hydrogen-bond acceptors (Lipinski definition) is 6. The Hall–Kier alpha value is -1.99. The number of unbranched alkanes of at least 4 members (excludes halogenated alkanes) is 1. The third-order valence-electron chi connectivity index (χ3n) is 2.89. The number of hydrogen-bond donors (Lipinski definition) is 2. The Balaban J connectivity index is 1.99. The van der Waals surface area contributed by atoms with Gasteiger partial charge in [0.05, 0.1) is 12.8 Å². The average molecular weight is 322 g/mol. The molecule has 0 aliphatic heterocycles. The maximum Gasteiger partial charge on any atom is 0.205 e. The number of nitrogens with one attached hydrogen (secondary N) is 1. The van der Waals surface area contributed by atoms with E-state index in [1.54, 1.807) is 17.7 Å². The summed E-state index contributed by atoms with van der Waals surface area (Å²) in [6, 6.07) is 4.54. The molecule has 0 saturated heterocycles. The highest BCUT2D eigenvalue weighted by atomic mass is 32.1. The Bertz CT molecular complexity index is 630. The minimum Gasteiger partial charge on any atom is -0.383 e. The highest BCUT2D eigenvalue weighted by Gasteiger charge is 2.03. The Labute approximate surface area is 133 Å². The van der Waals surface area contributed by atoms with Crippen molar-refractivity contribution < 1.29 is 9.13 Å². The number of nitrogens with zero attached hydrogens (tertiary/aromatic N) is 2. The molecule has 0 aliphatic carbocycles. The quantitative estimate of drug-likeness (QED) is 0.442. The van der Waals surface area contributed by atoms with E-state index in [4.69, 9.17) is 10.5 Å². The first-order valence-corrected chi connectivity index (χ1v) is 7.93. The molecule has 2 rings (SSSR count). The summed E-state index contributed by atoms with van der Waals surface area (Å²) in [6.45, 7) is 3.13. The Morgan fingerprint density at radius 2 is 2.36 bits per heavy atom. The fraction of sp³-hybridized carbons (Fsp3) is 0.333. The van der Waals surface area contributed by atoms with Crippen molar-refractivity contribution in [2.75, 3.05) is 17.8 Å². The molecule has 5 nitrogen and oxygen atoms in total. The molecule has 118 valence electrons. The number of thiazole rings is 1. The molecule has 0 spiro atoms. The molecule has 0 radical (unpaired) electrons. The molecule has 22 heavy (non-hydrogen) atoms. The number of nitrogen functional groups attached to an aromatic ring is 1. The topological polar surface area (TPSA) is 72.5 Å². The molecule has 2 aromatic rings. The second-order valence-corrected chi connectivity index (χ2v) is 5.55. The molecular weight excluding hydrogens is 303 g/mol. The molecule has 3 N–H and O–H groups in total. The highest BCUT2D eigenvalue weighted by molar-refractivity contribution is 7.14. The zero-order valence-electron chi connectivity index (χ0n) is 12.4. The van der Waals surface area contributed by atoms with Crippen LogP contribution < -0.4 is 11.2 Å². The third kappa shape index (κ3) is 5.09. The van der Waals surface area contributed by atoms with Gasteiger partial charge in [0.15, 0.2) is 0 Å². The van der Waals surface area contributed by atoms with Crippen LogP contribution in [-0.4, -0.2) is 17.8 Å². The molecule has 1 heterocycles. The molecule has 0 saturated carbocycles. The predicted octanol–water partition coefficient (Wildman–Crippen LogP) is 3.63. The van der Waals surface area contributed by atoms with Gasteiger partial charge in [0.25, 0.3) is 0 Å². The lowest BCUT2D eigenvalue weighted by molar-refractivity contribution is 0.118. The first-order valence-electron chi connectivity index (χ1n) is 7.05. The van der Waals surface area contributed by atoms with E-state index in [9.17, 15) is 4.39 Å². The van der Waals surface area contributed by atoms with Crippen LogP contribution >= 0.6 is 11.3 Å². The van der Waals surface area contributed by atoms with Crippen molar-refractivity contribution in [2.24, 2.45) is 5.10 Å². The summed E-state index contributed by atoms with van der Waals surface area (Å²) in [5, 5.41) is 6.43. The van der Waals surface area contributed by atoms with Crippen LogP contribution in [0.15, 0.2) is 28.7 Å². The zero-order valence-corrected chi connectivity index (χ0v) is 13.2. The molecule has 0 unspecified atom stereocenters. The smallest absolute Gasteiger partial charge is 0.205 e. The van der Waals surface area contributed by atoms with Crippen LogP contribution in [0.4, 0.5) is 15.3 Å². The number of nitrogens with two attached hydrogens (primary N) is 1. The summed E-state index contributed by atoms with van der Waals surface area (Å²) >= 11 is 1.37. The van der Waals surface area contributed by atoms with Gasteiger partial charge in [-0.05, 0) is 24.1 Å². The maximum absolute atomic E-state index is 13.4. The fourth-order valence-electron chi connectivity index (χ4n) is 1.75. The van der Waals surface area contributed by atoms with Crippen molar-refractivity contribution in [3.05, 3.63) is 40.5 Å². The fourth-order valence-corrected chi connectivity index (χ4v) is 2.30. The third-order valence-corrected chi connectivity index (χ3v) is 3.66. The van der Waals surface area contributed by atoms with Crippen molar-refractivity contribution in [2.45, 2.75) is 26.4 Å². The summed E-state index contributed by atoms with van der Waals surface area (Å²) in [4.78, 5) is 4.04. The van der Waals surface area contributed by atoms with E-state index < -0.39 is 0 Å². The van der Waals surface area contributed by atoms with Crippen LogP contribution in [0.2, 0.25) is 0 Å². The number of hydrazone groups is 1. The van der Waals surface area contributed by atoms with Gasteiger partial charge in [-0.1, -0.05) is 19.4 Å². The molecule has 7 heteroatoms. The van der Waals surface area contributed by atoms with Gasteiger partial charge in [-0.3, -0.25) is 5.43 Å². The number of rotatable bonds is 8. The summed E-state index contributed by atoms with van der Waals surface area (Å²) in [5.74, 6) is 0.168. The highest BCUT2D eigenvalue weighted by Crippen LogP contribution is 2.16. The van der Waals surface area contributed by atoms with Gasteiger partial charge in [-0.15, -0.1) is 11.3 Å². The Morgan fingerprint density at radius 3 is 3.09 bits per heavy atom. The van der Waals surface area contributed by atoms with Gasteiger partial charge in [0, 0.05) is 17.6 Å². The second kappa shape index (κ2) is 8.45. The van der Waals surface area contributed by atoms with E-state index in [0.29, 0.717) is 24.2 Å². The average Bonchev–Trinajstić information content (AvgIpc) is 2.91. The van der Waals surface area contributed by atoms with E-state index >= 15 is 0 Å². The lowest BCUT2D eigenvalue weighted by atomic mass is 10.1. The lowest BCUT2D eigenvalue weighted by Crippen LogP contribution is -2.01. The van der Waals surface area contributed by atoms with E-state index in [0.717, 1.165) is 24.0 Å². The van der Waals surface area contributed by atoms with Crippen LogP contribution in [0, 0.1) is 5.82 Å². The lowest BCUT2D eigenvalue weighted by Gasteiger charge is -2.07. The van der Waals surface area contributed by atoms with Crippen molar-refractivity contribution in [3.8, 4) is 0 Å². The van der Waals surface area contributed by atoms with Crippen LogP contribution in [0.3, 0.4) is 0 Å². The number of benzene rings is 1. The molecule has 1 aromatic carbocycles. The van der Waals surface area contributed by atoms with Gasteiger partial charge in [0.2, 0.25) is 5.13 Å². The maximum atomic E-state index is 13.4. The molecule has 0 aliphatic rings. The van der Waals surface area contributed by atoms with Crippen LogP contribution in [0.5, 0.6) is 0 Å². The van der Waals surface area contributed by atoms with Crippen molar-refractivity contribution >= 4 is 28.5 Å². The van der Waals surface area contributed by atoms with Crippen LogP contribution in [0.25, 0.3) is 0 Å². The number of anilines is 2. The standard InChI is InChI=1S/C15H19FN4OS/c1-2-3-6-21-9-12-7-13(16)5-4-11(12)8-18-20-15-19-14(17)10-22-15/h4-5,7-8,10H,2-3,6,9,17H2,1H3,(H,19,20). The molecule has 0 bridgehead atoms. The van der Waals surface area contributed by atoms with Crippen molar-refractivity contribution in [1.29, 1.82) is 0 Å². The minimum absolute atomic E-state index is 0.285. The Morgan fingerprint density at radius 1 is 1.50 bits per heavy atom. The normalized spacial score (nSPS) is 11.2. The van der Waals surface area contributed by atoms with Gasteiger partial charge >= 0.3 is 0 Å². The van der Waals surface area contributed by atoms with Crippen LogP contribution in [0.1, 0.15) is 30.9 Å². The molecule has 0 fully saturated rings. The number of ether oxygens (including phenoxy) is 1. The largest absolute Gasteiger partial charge is 0.383 e. The second-order valence-electron chi connectivity index (χ2n) is 4.70. The summed E-state index contributed by atoms with van der Waals surface area (Å²) in [7, 11) is 0. The van der Waals surface area contributed by atoms with Gasteiger partial charge in [0.1, 0.15) is 11.6 Å². The summed E-state index contributed by atoms with van der Waals surface area (Å²) in [6.07, 6.45) is 3.68. The molecule has 0 atom stereocenters. The first kappa shape index (κ1) is 16.4. The van der Waals surface area contributed by atoms with Crippen LogP contribution in [-0.2, 0) is 11.3 Å². The van der Waals surface area contributed by atoms with E-state index in [1.165, 1.54) is 23.5 Å². The molecular formula is C15H19FN4OS. The van der Waals surface area contributed by atoms with Gasteiger partial charge in [-0.2, -0.15) is 5.10 Å². The molecule has 1 aromatic heterocycles. The van der Waals surface area contributed by atoms with Gasteiger partial charge < -0.3 is 10.5 Å². The Kier molecular flexibility index (Phi) is 6.29. The van der Waals surface area contributed by atoms with Gasteiger partial charge in [-0.25, -0.2) is 9.37 Å². The number of halogens is 1. The SMILES string of the molecule is CCCCOCc1cc(F)ccc1C=NNc1nc(N)cs1. The van der Waals surface area contributed by atoms with Crippen molar-refractivity contribution in [3.63, 3.8) is 0 Å². The summed E-state index contributed by atoms with van der Waals surface area (Å²) < 4.78 is 18.9. The van der Waals surface area contributed by atoms with Crippen molar-refractivity contribution in [1.82, 2.24) is 4.98 Å².